The molecule has 0 spiro atoms. The van der Waals surface area contributed by atoms with Gasteiger partial charge in [-0.05, 0) is 49.2 Å². The third-order valence-electron chi connectivity index (χ3n) is 5.17. The summed E-state index contributed by atoms with van der Waals surface area (Å²) in [5.41, 5.74) is -0.844. The van der Waals surface area contributed by atoms with Crippen LogP contribution < -0.4 is 10.1 Å². The zero-order valence-electron chi connectivity index (χ0n) is 17.2. The van der Waals surface area contributed by atoms with Gasteiger partial charge in [0.15, 0.2) is 0 Å². The predicted octanol–water partition coefficient (Wildman–Crippen LogP) is 3.58. The molecule has 2 aromatic carbocycles. The molecule has 0 unspecified atom stereocenters. The van der Waals surface area contributed by atoms with Crippen molar-refractivity contribution >= 4 is 15.9 Å². The van der Waals surface area contributed by atoms with Crippen molar-refractivity contribution in [3.63, 3.8) is 0 Å². The molecule has 3 rings (SSSR count). The number of hydrogen-bond acceptors (Lipinski definition) is 4. The topological polar surface area (TPSA) is 75.7 Å². The number of nitrogens with zero attached hydrogens (tertiary/aromatic N) is 1. The van der Waals surface area contributed by atoms with Crippen molar-refractivity contribution in [2.24, 2.45) is 5.92 Å². The Bertz CT molecular complexity index is 1100. The van der Waals surface area contributed by atoms with Gasteiger partial charge in [0.25, 0.3) is 0 Å². The molecule has 1 aliphatic rings. The molecule has 2 aromatic rings. The van der Waals surface area contributed by atoms with Crippen molar-refractivity contribution in [3.8, 4) is 5.75 Å². The van der Waals surface area contributed by atoms with Gasteiger partial charge in [0.1, 0.15) is 28.9 Å². The maximum absolute atomic E-state index is 13.9. The van der Waals surface area contributed by atoms with Gasteiger partial charge in [-0.15, -0.1) is 0 Å². The zero-order chi connectivity index (χ0) is 24.2. The summed E-state index contributed by atoms with van der Waals surface area (Å²) in [4.78, 5) is 11.6. The fourth-order valence-electron chi connectivity index (χ4n) is 3.42. The van der Waals surface area contributed by atoms with Gasteiger partial charge >= 0.3 is 6.18 Å². The molecular weight excluding hydrogens is 471 g/mol. The molecule has 1 heterocycles. The van der Waals surface area contributed by atoms with Gasteiger partial charge in [-0.1, -0.05) is 6.07 Å². The fourth-order valence-corrected chi connectivity index (χ4v) is 4.97. The molecule has 1 N–H and O–H groups in total. The van der Waals surface area contributed by atoms with Gasteiger partial charge in [-0.25, -0.2) is 17.2 Å². The Labute approximate surface area is 187 Å². The minimum Gasteiger partial charge on any atom is -0.492 e. The molecule has 0 radical (unpaired) electrons. The molecule has 0 aromatic heterocycles. The van der Waals surface area contributed by atoms with Gasteiger partial charge in [0.2, 0.25) is 15.9 Å². The van der Waals surface area contributed by atoms with Gasteiger partial charge in [-0.3, -0.25) is 4.79 Å². The van der Waals surface area contributed by atoms with Crippen molar-refractivity contribution in [1.29, 1.82) is 0 Å². The highest BCUT2D eigenvalue weighted by atomic mass is 32.2. The van der Waals surface area contributed by atoms with E-state index >= 15 is 0 Å². The van der Waals surface area contributed by atoms with Crippen LogP contribution in [0.2, 0.25) is 0 Å². The Morgan fingerprint density at radius 2 is 1.79 bits per heavy atom. The highest BCUT2D eigenvalue weighted by molar-refractivity contribution is 7.89. The maximum atomic E-state index is 13.9. The molecule has 1 amide bonds. The zero-order valence-corrected chi connectivity index (χ0v) is 18.1. The maximum Gasteiger partial charge on any atom is 0.416 e. The van der Waals surface area contributed by atoms with Crippen LogP contribution in [0.3, 0.4) is 0 Å². The molecule has 33 heavy (non-hydrogen) atoms. The van der Waals surface area contributed by atoms with E-state index in [9.17, 15) is 35.2 Å². The lowest BCUT2D eigenvalue weighted by Crippen LogP contribution is -2.43. The van der Waals surface area contributed by atoms with E-state index in [0.29, 0.717) is 6.07 Å². The van der Waals surface area contributed by atoms with Crippen LogP contribution in [0.5, 0.6) is 5.75 Å². The lowest BCUT2D eigenvalue weighted by atomic mass is 9.97. The van der Waals surface area contributed by atoms with E-state index in [1.54, 1.807) is 0 Å². The predicted molar refractivity (Wildman–Crippen MR) is 108 cm³/mol. The second-order valence-electron chi connectivity index (χ2n) is 7.42. The van der Waals surface area contributed by atoms with Crippen molar-refractivity contribution in [1.82, 2.24) is 9.62 Å². The standard InChI is InChI=1S/C21H21F5N2O4S/c22-16-4-5-18(23)19(13-16)33(30,31)28-9-6-14(7-10-28)20(29)27-8-11-32-17-3-1-2-15(12-17)21(24,25)26/h1-5,12-14H,6-11H2,(H,27,29). The van der Waals surface area contributed by atoms with E-state index in [2.05, 4.69) is 5.32 Å². The van der Waals surface area contributed by atoms with Crippen LogP contribution in [0.15, 0.2) is 47.4 Å². The third-order valence-corrected chi connectivity index (χ3v) is 7.08. The molecule has 180 valence electrons. The lowest BCUT2D eigenvalue weighted by molar-refractivity contribution is -0.137. The van der Waals surface area contributed by atoms with Crippen molar-refractivity contribution in [3.05, 3.63) is 59.7 Å². The number of hydrogen-bond donors (Lipinski definition) is 1. The summed E-state index contributed by atoms with van der Waals surface area (Å²) in [7, 11) is -4.24. The second-order valence-corrected chi connectivity index (χ2v) is 9.32. The number of amides is 1. The number of carbonyl (C=O) groups excluding carboxylic acids is 1. The van der Waals surface area contributed by atoms with E-state index in [4.69, 9.17) is 4.74 Å². The van der Waals surface area contributed by atoms with Crippen LogP contribution in [0.1, 0.15) is 18.4 Å². The average molecular weight is 492 g/mol. The van der Waals surface area contributed by atoms with Crippen LogP contribution in [0.25, 0.3) is 0 Å². The fraction of sp³-hybridized carbons (Fsp3) is 0.381. The van der Waals surface area contributed by atoms with E-state index in [0.717, 1.165) is 28.6 Å². The van der Waals surface area contributed by atoms with Gasteiger partial charge < -0.3 is 10.1 Å². The highest BCUT2D eigenvalue weighted by Crippen LogP contribution is 2.31. The first-order chi connectivity index (χ1) is 15.5. The number of alkyl halides is 3. The molecule has 1 saturated heterocycles. The molecule has 1 fully saturated rings. The quantitative estimate of drug-likeness (QED) is 0.474. The number of carbonyl (C=O) groups is 1. The van der Waals surface area contributed by atoms with Crippen LogP contribution in [0, 0.1) is 17.6 Å². The van der Waals surface area contributed by atoms with E-state index in [1.165, 1.54) is 12.1 Å². The molecule has 0 bridgehead atoms. The lowest BCUT2D eigenvalue weighted by Gasteiger charge is -2.30. The molecule has 0 aliphatic carbocycles. The molecule has 12 heteroatoms. The normalized spacial score (nSPS) is 15.9. The Morgan fingerprint density at radius 1 is 1.09 bits per heavy atom. The number of piperidine rings is 1. The minimum atomic E-state index is -4.49. The van der Waals surface area contributed by atoms with Crippen molar-refractivity contribution in [2.45, 2.75) is 23.9 Å². The molecule has 0 atom stereocenters. The van der Waals surface area contributed by atoms with Crippen LogP contribution >= 0.6 is 0 Å². The number of halogens is 5. The smallest absolute Gasteiger partial charge is 0.416 e. The monoisotopic (exact) mass is 492 g/mol. The Balaban J connectivity index is 1.47. The summed E-state index contributed by atoms with van der Waals surface area (Å²) in [5, 5.41) is 2.61. The van der Waals surface area contributed by atoms with E-state index < -0.39 is 44.2 Å². The first-order valence-electron chi connectivity index (χ1n) is 10.0. The Morgan fingerprint density at radius 3 is 2.45 bits per heavy atom. The highest BCUT2D eigenvalue weighted by Gasteiger charge is 2.34. The van der Waals surface area contributed by atoms with Gasteiger partial charge in [0.05, 0.1) is 12.1 Å². The first kappa shape index (κ1) is 24.9. The molecule has 0 saturated carbocycles. The molecule has 1 aliphatic heterocycles. The number of benzene rings is 2. The summed E-state index contributed by atoms with van der Waals surface area (Å²) in [6.07, 6.45) is -4.14. The number of rotatable bonds is 7. The largest absolute Gasteiger partial charge is 0.492 e. The van der Waals surface area contributed by atoms with E-state index in [1.807, 2.05) is 0 Å². The van der Waals surface area contributed by atoms with Crippen molar-refractivity contribution < 1.29 is 39.9 Å². The number of sulfonamides is 1. The van der Waals surface area contributed by atoms with Gasteiger partial charge in [0, 0.05) is 19.0 Å². The van der Waals surface area contributed by atoms with Crippen LogP contribution in [-0.4, -0.2) is 44.9 Å². The Hall–Kier alpha value is -2.73. The summed E-state index contributed by atoms with van der Waals surface area (Å²) >= 11 is 0. The van der Waals surface area contributed by atoms with E-state index in [-0.39, 0.29) is 50.7 Å². The Kier molecular flexibility index (Phi) is 7.58. The third kappa shape index (κ3) is 6.20. The summed E-state index contributed by atoms with van der Waals surface area (Å²) < 4.78 is 96.9. The SMILES string of the molecule is O=C(NCCOc1cccc(C(F)(F)F)c1)C1CCN(S(=O)(=O)c2cc(F)ccc2F)CC1. The van der Waals surface area contributed by atoms with Crippen LogP contribution in [0.4, 0.5) is 22.0 Å². The van der Waals surface area contributed by atoms with Gasteiger partial charge in [-0.2, -0.15) is 17.5 Å². The number of nitrogens with one attached hydrogen (secondary N) is 1. The summed E-state index contributed by atoms with van der Waals surface area (Å²) in [6.45, 7) is -0.102. The van der Waals surface area contributed by atoms with Crippen molar-refractivity contribution in [2.75, 3.05) is 26.2 Å². The minimum absolute atomic E-state index is 0.0159. The van der Waals surface area contributed by atoms with Crippen LogP contribution in [-0.2, 0) is 21.0 Å². The molecular formula is C21H21F5N2O4S. The summed E-state index contributed by atoms with van der Waals surface area (Å²) in [5.74, 6) is -2.77. The average Bonchev–Trinajstić information content (AvgIpc) is 2.78. The molecule has 6 nitrogen and oxygen atoms in total. The first-order valence-corrected chi connectivity index (χ1v) is 11.5. The number of ether oxygens (including phenoxy) is 1. The summed E-state index contributed by atoms with van der Waals surface area (Å²) in [6, 6.07) is 6.55. The second kappa shape index (κ2) is 10.0.